The lowest BCUT2D eigenvalue weighted by molar-refractivity contribution is -0.127. The summed E-state index contributed by atoms with van der Waals surface area (Å²) in [7, 11) is 3.49. The number of aliphatic imine (C=N–C) groups is 1. The van der Waals surface area contributed by atoms with Gasteiger partial charge < -0.3 is 24.8 Å². The monoisotopic (exact) mass is 513 g/mol. The summed E-state index contributed by atoms with van der Waals surface area (Å²) in [5.41, 5.74) is 1.26. The van der Waals surface area contributed by atoms with Gasteiger partial charge in [0.2, 0.25) is 5.91 Å². The summed E-state index contributed by atoms with van der Waals surface area (Å²) in [6, 6.07) is 10.6. The molecular formula is C21H32IN5O2. The lowest BCUT2D eigenvalue weighted by atomic mass is 10.1. The predicted octanol–water partition coefficient (Wildman–Crippen LogP) is 2.31. The SMILES string of the molecule is CN(C)C(=O)CN=C(NCCCn1ccc2ccccc21)NCC1CCOC1.I. The number of fused-ring (bicyclic) bond motifs is 1. The van der Waals surface area contributed by atoms with Gasteiger partial charge >= 0.3 is 0 Å². The smallest absolute Gasteiger partial charge is 0.243 e. The van der Waals surface area contributed by atoms with Gasteiger partial charge in [0.1, 0.15) is 6.54 Å². The van der Waals surface area contributed by atoms with E-state index in [1.54, 1.807) is 19.0 Å². The van der Waals surface area contributed by atoms with Gasteiger partial charge in [0.15, 0.2) is 5.96 Å². The third kappa shape index (κ3) is 7.18. The van der Waals surface area contributed by atoms with E-state index in [9.17, 15) is 4.79 Å². The van der Waals surface area contributed by atoms with Crippen molar-refractivity contribution in [2.75, 3.05) is 46.9 Å². The van der Waals surface area contributed by atoms with Crippen molar-refractivity contribution in [3.63, 3.8) is 0 Å². The van der Waals surface area contributed by atoms with E-state index in [0.717, 1.165) is 45.7 Å². The normalized spacial score (nSPS) is 16.5. The molecule has 0 radical (unpaired) electrons. The van der Waals surface area contributed by atoms with E-state index < -0.39 is 0 Å². The second-order valence-electron chi connectivity index (χ2n) is 7.41. The second kappa shape index (κ2) is 12.0. The number of hydrogen-bond acceptors (Lipinski definition) is 3. The van der Waals surface area contributed by atoms with E-state index in [4.69, 9.17) is 4.74 Å². The summed E-state index contributed by atoms with van der Waals surface area (Å²) in [6.07, 6.45) is 4.17. The summed E-state index contributed by atoms with van der Waals surface area (Å²) >= 11 is 0. The van der Waals surface area contributed by atoms with Crippen molar-refractivity contribution >= 4 is 46.7 Å². The highest BCUT2D eigenvalue weighted by Gasteiger charge is 2.16. The van der Waals surface area contributed by atoms with E-state index in [1.807, 2.05) is 0 Å². The van der Waals surface area contributed by atoms with Gasteiger partial charge in [-0.2, -0.15) is 0 Å². The Kier molecular flexibility index (Phi) is 9.72. The summed E-state index contributed by atoms with van der Waals surface area (Å²) in [5.74, 6) is 1.19. The molecule has 2 heterocycles. The molecule has 0 saturated carbocycles. The molecule has 1 aliphatic heterocycles. The maximum Gasteiger partial charge on any atom is 0.243 e. The van der Waals surface area contributed by atoms with Crippen LogP contribution in [0.25, 0.3) is 10.9 Å². The maximum atomic E-state index is 11.9. The molecule has 2 N–H and O–H groups in total. The number of nitrogens with zero attached hydrogens (tertiary/aromatic N) is 3. The molecule has 2 aromatic rings. The Bertz CT molecular complexity index is 799. The lowest BCUT2D eigenvalue weighted by Crippen LogP contribution is -2.41. The van der Waals surface area contributed by atoms with Crippen LogP contribution in [0.2, 0.25) is 0 Å². The van der Waals surface area contributed by atoms with Crippen molar-refractivity contribution in [2.24, 2.45) is 10.9 Å². The van der Waals surface area contributed by atoms with Crippen molar-refractivity contribution in [3.05, 3.63) is 36.5 Å². The Hall–Kier alpha value is -1.81. The molecule has 1 amide bonds. The van der Waals surface area contributed by atoms with Crippen LogP contribution in [0.5, 0.6) is 0 Å². The first kappa shape index (κ1) is 23.5. The molecule has 160 valence electrons. The van der Waals surface area contributed by atoms with Crippen molar-refractivity contribution in [2.45, 2.75) is 19.4 Å². The number of amides is 1. The highest BCUT2D eigenvalue weighted by molar-refractivity contribution is 14.0. The number of halogens is 1. The Labute approximate surface area is 189 Å². The van der Waals surface area contributed by atoms with E-state index in [-0.39, 0.29) is 36.4 Å². The minimum Gasteiger partial charge on any atom is -0.381 e. The van der Waals surface area contributed by atoms with Gasteiger partial charge in [0.25, 0.3) is 0 Å². The number of likely N-dealkylation sites (N-methyl/N-ethyl adjacent to an activating group) is 1. The quantitative estimate of drug-likeness (QED) is 0.246. The Morgan fingerprint density at radius 1 is 1.28 bits per heavy atom. The van der Waals surface area contributed by atoms with Crippen molar-refractivity contribution in [1.29, 1.82) is 0 Å². The van der Waals surface area contributed by atoms with Gasteiger partial charge in [-0.3, -0.25) is 4.79 Å². The van der Waals surface area contributed by atoms with E-state index in [0.29, 0.717) is 11.9 Å². The molecule has 1 unspecified atom stereocenters. The van der Waals surface area contributed by atoms with Gasteiger partial charge in [0.05, 0.1) is 6.61 Å². The third-order valence-corrected chi connectivity index (χ3v) is 5.00. The molecule has 3 rings (SSSR count). The number of hydrogen-bond donors (Lipinski definition) is 2. The zero-order valence-electron chi connectivity index (χ0n) is 17.3. The summed E-state index contributed by atoms with van der Waals surface area (Å²) in [5, 5.41) is 7.99. The fourth-order valence-corrected chi connectivity index (χ4v) is 3.24. The number of benzene rings is 1. The molecule has 7 nitrogen and oxygen atoms in total. The summed E-state index contributed by atoms with van der Waals surface area (Å²) in [6.45, 7) is 4.29. The van der Waals surface area contributed by atoms with Crippen LogP contribution in [0.3, 0.4) is 0 Å². The number of rotatable bonds is 8. The van der Waals surface area contributed by atoms with Gasteiger partial charge in [0, 0.05) is 58.0 Å². The fraction of sp³-hybridized carbons (Fsp3) is 0.524. The first-order chi connectivity index (χ1) is 13.6. The average Bonchev–Trinajstić information content (AvgIpc) is 3.36. The number of carbonyl (C=O) groups is 1. The Morgan fingerprint density at radius 2 is 2.10 bits per heavy atom. The first-order valence-corrected chi connectivity index (χ1v) is 9.97. The molecular weight excluding hydrogens is 481 g/mol. The van der Waals surface area contributed by atoms with Crippen molar-refractivity contribution < 1.29 is 9.53 Å². The number of aromatic nitrogens is 1. The van der Waals surface area contributed by atoms with E-state index in [2.05, 4.69) is 56.7 Å². The summed E-state index contributed by atoms with van der Waals surface area (Å²) < 4.78 is 7.70. The van der Waals surface area contributed by atoms with Gasteiger partial charge in [-0.1, -0.05) is 18.2 Å². The molecule has 29 heavy (non-hydrogen) atoms. The zero-order valence-corrected chi connectivity index (χ0v) is 19.6. The number of carbonyl (C=O) groups excluding carboxylic acids is 1. The number of aryl methyl sites for hydroxylation is 1. The average molecular weight is 513 g/mol. The molecule has 1 aliphatic rings. The number of ether oxygens (including phenoxy) is 1. The standard InChI is InChI=1S/C21H31N5O2.HI/c1-25(2)20(27)15-24-21(23-14-17-9-13-28-16-17)22-10-5-11-26-12-8-18-6-3-4-7-19(18)26;/h3-4,6-8,12,17H,5,9-11,13-16H2,1-2H3,(H2,22,23,24);1H. The van der Waals surface area contributed by atoms with Crippen LogP contribution in [0.15, 0.2) is 41.5 Å². The predicted molar refractivity (Wildman–Crippen MR) is 128 cm³/mol. The van der Waals surface area contributed by atoms with Gasteiger partial charge in [-0.15, -0.1) is 24.0 Å². The Balaban J connectivity index is 0.00000300. The van der Waals surface area contributed by atoms with Crippen LogP contribution in [0.1, 0.15) is 12.8 Å². The van der Waals surface area contributed by atoms with Crippen LogP contribution < -0.4 is 10.6 Å². The lowest BCUT2D eigenvalue weighted by Gasteiger charge is -2.16. The van der Waals surface area contributed by atoms with Crippen LogP contribution in [0, 0.1) is 5.92 Å². The number of para-hydroxylation sites is 1. The maximum absolute atomic E-state index is 11.9. The Morgan fingerprint density at radius 3 is 2.86 bits per heavy atom. The third-order valence-electron chi connectivity index (χ3n) is 5.00. The van der Waals surface area contributed by atoms with Gasteiger partial charge in [-0.05, 0) is 30.4 Å². The number of nitrogens with one attached hydrogen (secondary N) is 2. The van der Waals surface area contributed by atoms with E-state index in [1.165, 1.54) is 10.9 Å². The molecule has 0 bridgehead atoms. The van der Waals surface area contributed by atoms with Crippen molar-refractivity contribution in [3.8, 4) is 0 Å². The molecule has 1 aromatic carbocycles. The highest BCUT2D eigenvalue weighted by Crippen LogP contribution is 2.15. The van der Waals surface area contributed by atoms with Crippen LogP contribution in [-0.4, -0.2) is 68.3 Å². The molecule has 1 saturated heterocycles. The molecule has 8 heteroatoms. The molecule has 1 aromatic heterocycles. The fourth-order valence-electron chi connectivity index (χ4n) is 3.24. The summed E-state index contributed by atoms with van der Waals surface area (Å²) in [4.78, 5) is 17.9. The van der Waals surface area contributed by atoms with Gasteiger partial charge in [-0.25, -0.2) is 4.99 Å². The minimum atomic E-state index is -0.0101. The molecule has 0 aliphatic carbocycles. The van der Waals surface area contributed by atoms with E-state index >= 15 is 0 Å². The zero-order chi connectivity index (χ0) is 19.8. The van der Waals surface area contributed by atoms with Crippen molar-refractivity contribution in [1.82, 2.24) is 20.1 Å². The molecule has 1 fully saturated rings. The molecule has 1 atom stereocenters. The van der Waals surface area contributed by atoms with Crippen LogP contribution in [-0.2, 0) is 16.1 Å². The highest BCUT2D eigenvalue weighted by atomic mass is 127. The van der Waals surface area contributed by atoms with Crippen LogP contribution >= 0.6 is 24.0 Å². The second-order valence-corrected chi connectivity index (χ2v) is 7.41. The van der Waals surface area contributed by atoms with Crippen LogP contribution in [0.4, 0.5) is 0 Å². The molecule has 0 spiro atoms. The first-order valence-electron chi connectivity index (χ1n) is 9.97. The topological polar surface area (TPSA) is 70.9 Å². The number of guanidine groups is 1. The minimum absolute atomic E-state index is 0. The largest absolute Gasteiger partial charge is 0.381 e.